The van der Waals surface area contributed by atoms with Gasteiger partial charge in [-0.2, -0.15) is 0 Å². The Hall–Kier alpha value is -1.84. The molecule has 1 aliphatic heterocycles. The van der Waals surface area contributed by atoms with E-state index in [1.807, 2.05) is 23.9 Å². The zero-order valence-corrected chi connectivity index (χ0v) is 12.8. The normalized spacial score (nSPS) is 13.5. The van der Waals surface area contributed by atoms with Crippen molar-refractivity contribution in [1.82, 2.24) is 0 Å². The summed E-state index contributed by atoms with van der Waals surface area (Å²) in [6, 6.07) is 24.8. The highest BCUT2D eigenvalue weighted by molar-refractivity contribution is 8.04. The van der Waals surface area contributed by atoms with Gasteiger partial charge in [0.15, 0.2) is 14.7 Å². The van der Waals surface area contributed by atoms with E-state index < -0.39 is 0 Å². The first-order chi connectivity index (χ1) is 10.3. The third-order valence-electron chi connectivity index (χ3n) is 3.43. The van der Waals surface area contributed by atoms with Crippen molar-refractivity contribution in [2.45, 2.75) is 24.5 Å². The minimum absolute atomic E-state index is 0.0981. The maximum atomic E-state index is 9.54. The quantitative estimate of drug-likeness (QED) is 0.502. The number of aromatic hydroxyl groups is 1. The van der Waals surface area contributed by atoms with Crippen LogP contribution in [0.2, 0.25) is 0 Å². The molecule has 102 valence electrons. The number of phenolic OH excluding ortho intramolecular Hbond substituents is 1. The van der Waals surface area contributed by atoms with Crippen LogP contribution in [0, 0.1) is 0 Å². The molecule has 3 heteroatoms. The SMILES string of the molecule is Oc1ccc([S+]2c3ccccc3Sc3ccccc32)cc1. The summed E-state index contributed by atoms with van der Waals surface area (Å²) in [6.07, 6.45) is 0. The van der Waals surface area contributed by atoms with Crippen LogP contribution in [0.4, 0.5) is 0 Å². The topological polar surface area (TPSA) is 20.2 Å². The van der Waals surface area contributed by atoms with E-state index in [1.165, 1.54) is 24.5 Å². The lowest BCUT2D eigenvalue weighted by Crippen LogP contribution is -2.10. The Bertz CT molecular complexity index is 751. The second-order valence-electron chi connectivity index (χ2n) is 4.80. The summed E-state index contributed by atoms with van der Waals surface area (Å²) in [6.45, 7) is 0. The number of hydrogen-bond acceptors (Lipinski definition) is 2. The smallest absolute Gasteiger partial charge is 0.180 e. The molecule has 0 saturated heterocycles. The first-order valence-electron chi connectivity index (χ1n) is 6.72. The number of phenols is 1. The lowest BCUT2D eigenvalue weighted by molar-refractivity contribution is 0.475. The number of benzene rings is 3. The molecule has 3 aromatic rings. The molecule has 0 aromatic heterocycles. The van der Waals surface area contributed by atoms with Crippen LogP contribution in [-0.2, 0) is 10.9 Å². The molecule has 0 aliphatic carbocycles. The Morgan fingerprint density at radius 3 is 1.76 bits per heavy atom. The molecule has 0 bridgehead atoms. The monoisotopic (exact) mass is 309 g/mol. The standard InChI is InChI=1S/C18H12OS2/c19-13-9-11-14(12-10-13)21-17-7-3-1-5-15(17)20-16-6-2-4-8-18(16)21/h1-12H/p+1. The summed E-state index contributed by atoms with van der Waals surface area (Å²) < 4.78 is 0. The van der Waals surface area contributed by atoms with Gasteiger partial charge in [0, 0.05) is 0 Å². The fourth-order valence-electron chi connectivity index (χ4n) is 2.48. The molecule has 0 unspecified atom stereocenters. The van der Waals surface area contributed by atoms with Crippen molar-refractivity contribution in [3.8, 4) is 5.75 Å². The average Bonchev–Trinajstić information content (AvgIpc) is 2.53. The Balaban J connectivity index is 1.95. The van der Waals surface area contributed by atoms with Gasteiger partial charge in [-0.1, -0.05) is 36.0 Å². The van der Waals surface area contributed by atoms with E-state index in [2.05, 4.69) is 48.5 Å². The molecule has 0 amide bonds. The van der Waals surface area contributed by atoms with Gasteiger partial charge in [0.2, 0.25) is 0 Å². The minimum atomic E-state index is -0.0981. The molecule has 0 fully saturated rings. The van der Waals surface area contributed by atoms with Crippen LogP contribution in [0.25, 0.3) is 0 Å². The molecule has 1 heterocycles. The van der Waals surface area contributed by atoms with E-state index in [4.69, 9.17) is 0 Å². The molecule has 4 rings (SSSR count). The third kappa shape index (κ3) is 2.23. The van der Waals surface area contributed by atoms with Gasteiger partial charge in [-0.15, -0.1) is 0 Å². The second kappa shape index (κ2) is 5.17. The van der Waals surface area contributed by atoms with E-state index in [0.717, 1.165) is 0 Å². The van der Waals surface area contributed by atoms with Crippen molar-refractivity contribution in [1.29, 1.82) is 0 Å². The van der Waals surface area contributed by atoms with Crippen molar-refractivity contribution in [2.24, 2.45) is 0 Å². The summed E-state index contributed by atoms with van der Waals surface area (Å²) >= 11 is 1.84. The van der Waals surface area contributed by atoms with Crippen molar-refractivity contribution < 1.29 is 5.11 Å². The molecule has 21 heavy (non-hydrogen) atoms. The van der Waals surface area contributed by atoms with Crippen LogP contribution in [0.1, 0.15) is 0 Å². The Kier molecular flexibility index (Phi) is 3.17. The Morgan fingerprint density at radius 2 is 1.19 bits per heavy atom. The van der Waals surface area contributed by atoms with E-state index in [9.17, 15) is 5.11 Å². The predicted octanol–water partition coefficient (Wildman–Crippen LogP) is 4.95. The molecule has 0 radical (unpaired) electrons. The maximum absolute atomic E-state index is 9.54. The van der Waals surface area contributed by atoms with Gasteiger partial charge in [0.1, 0.15) is 16.6 Å². The van der Waals surface area contributed by atoms with Crippen molar-refractivity contribution in [3.05, 3.63) is 72.8 Å². The second-order valence-corrected chi connectivity index (χ2v) is 7.84. The highest BCUT2D eigenvalue weighted by Crippen LogP contribution is 2.48. The molecular weight excluding hydrogens is 296 g/mol. The van der Waals surface area contributed by atoms with Crippen molar-refractivity contribution >= 4 is 22.7 Å². The summed E-state index contributed by atoms with van der Waals surface area (Å²) in [5, 5.41) is 9.54. The van der Waals surface area contributed by atoms with Gasteiger partial charge < -0.3 is 5.11 Å². The van der Waals surface area contributed by atoms with Gasteiger partial charge in [-0.25, -0.2) is 0 Å². The molecule has 0 saturated carbocycles. The Morgan fingerprint density at radius 1 is 0.667 bits per heavy atom. The molecule has 1 nitrogen and oxygen atoms in total. The van der Waals surface area contributed by atoms with Crippen LogP contribution in [-0.4, -0.2) is 5.11 Å². The minimum Gasteiger partial charge on any atom is -0.508 e. The molecule has 1 N–H and O–H groups in total. The number of rotatable bonds is 1. The van der Waals surface area contributed by atoms with E-state index in [0.29, 0.717) is 5.75 Å². The lowest BCUT2D eigenvalue weighted by atomic mass is 10.3. The molecule has 1 aliphatic rings. The highest BCUT2D eigenvalue weighted by Gasteiger charge is 2.37. The van der Waals surface area contributed by atoms with Crippen LogP contribution in [0.15, 0.2) is 97.3 Å². The predicted molar refractivity (Wildman–Crippen MR) is 87.3 cm³/mol. The van der Waals surface area contributed by atoms with Crippen LogP contribution < -0.4 is 0 Å². The first-order valence-corrected chi connectivity index (χ1v) is 8.76. The lowest BCUT2D eigenvalue weighted by Gasteiger charge is -2.18. The Labute approximate surface area is 131 Å². The first kappa shape index (κ1) is 12.9. The molecular formula is C18H13OS2+. The third-order valence-corrected chi connectivity index (χ3v) is 7.18. The van der Waals surface area contributed by atoms with E-state index in [-0.39, 0.29) is 10.9 Å². The largest absolute Gasteiger partial charge is 0.508 e. The summed E-state index contributed by atoms with van der Waals surface area (Å²) in [7, 11) is -0.0981. The van der Waals surface area contributed by atoms with Gasteiger partial charge in [0.25, 0.3) is 0 Å². The van der Waals surface area contributed by atoms with Crippen molar-refractivity contribution in [2.75, 3.05) is 0 Å². The number of hydrogen-bond donors (Lipinski definition) is 1. The fraction of sp³-hybridized carbons (Fsp3) is 0. The summed E-state index contributed by atoms with van der Waals surface area (Å²) in [5.41, 5.74) is 0. The van der Waals surface area contributed by atoms with E-state index in [1.54, 1.807) is 12.1 Å². The van der Waals surface area contributed by atoms with Crippen LogP contribution in [0.3, 0.4) is 0 Å². The molecule has 3 aromatic carbocycles. The van der Waals surface area contributed by atoms with Crippen LogP contribution in [0.5, 0.6) is 5.75 Å². The fourth-order valence-corrected chi connectivity index (χ4v) is 6.22. The highest BCUT2D eigenvalue weighted by atomic mass is 32.2. The van der Waals surface area contributed by atoms with Crippen molar-refractivity contribution in [3.63, 3.8) is 0 Å². The summed E-state index contributed by atoms with van der Waals surface area (Å²) in [5.74, 6) is 0.315. The summed E-state index contributed by atoms with van der Waals surface area (Å²) in [4.78, 5) is 6.63. The molecule has 0 atom stereocenters. The average molecular weight is 309 g/mol. The number of fused-ring (bicyclic) bond motifs is 2. The van der Waals surface area contributed by atoms with E-state index >= 15 is 0 Å². The van der Waals surface area contributed by atoms with Gasteiger partial charge in [0.05, 0.1) is 9.79 Å². The molecule has 0 spiro atoms. The van der Waals surface area contributed by atoms with Gasteiger partial charge >= 0.3 is 0 Å². The van der Waals surface area contributed by atoms with Crippen LogP contribution >= 0.6 is 11.8 Å². The maximum Gasteiger partial charge on any atom is 0.180 e. The zero-order chi connectivity index (χ0) is 14.2. The van der Waals surface area contributed by atoms with Gasteiger partial charge in [-0.3, -0.25) is 0 Å². The zero-order valence-electron chi connectivity index (χ0n) is 11.2. The van der Waals surface area contributed by atoms with Gasteiger partial charge in [-0.05, 0) is 48.5 Å².